The van der Waals surface area contributed by atoms with E-state index >= 15 is 0 Å². The van der Waals surface area contributed by atoms with Gasteiger partial charge in [-0.05, 0) is 29.8 Å². The zero-order valence-corrected chi connectivity index (χ0v) is 17.2. The van der Waals surface area contributed by atoms with Gasteiger partial charge >= 0.3 is 0 Å². The Kier molecular flexibility index (Phi) is 4.67. The number of hydrogen-bond donors (Lipinski definition) is 1. The number of rotatable bonds is 5. The maximum absolute atomic E-state index is 12.6. The molecule has 32 heavy (non-hydrogen) atoms. The minimum Gasteiger partial charge on any atom is -0.493 e. The van der Waals surface area contributed by atoms with Crippen molar-refractivity contribution in [2.24, 2.45) is 0 Å². The third kappa shape index (κ3) is 3.28. The number of anilines is 1. The summed E-state index contributed by atoms with van der Waals surface area (Å²) in [6, 6.07) is 9.57. The van der Waals surface area contributed by atoms with Crippen LogP contribution in [0.1, 0.15) is 26.3 Å². The molecule has 0 radical (unpaired) electrons. The predicted molar refractivity (Wildman–Crippen MR) is 114 cm³/mol. The average Bonchev–Trinajstić information content (AvgIpc) is 3.49. The highest BCUT2D eigenvalue weighted by Gasteiger charge is 2.41. The first-order chi connectivity index (χ1) is 15.4. The molecule has 0 atom stereocenters. The summed E-state index contributed by atoms with van der Waals surface area (Å²) in [5, 5.41) is 15.9. The normalized spacial score (nSPS) is 14.2. The van der Waals surface area contributed by atoms with Crippen molar-refractivity contribution in [1.29, 1.82) is 0 Å². The number of carbonyl (C=O) groups is 3. The number of nitro benzene ring substituents is 1. The first kappa shape index (κ1) is 19.8. The summed E-state index contributed by atoms with van der Waals surface area (Å²) < 4.78 is 5.50. The highest BCUT2D eigenvalue weighted by atomic mass is 32.1. The molecule has 0 aliphatic carbocycles. The Balaban J connectivity index is 1.30. The number of nitro groups is 1. The molecule has 0 unspecified atom stereocenters. The molecular formula is C21H14N4O6S. The van der Waals surface area contributed by atoms with Crippen LogP contribution in [0.3, 0.4) is 0 Å². The molecule has 2 aliphatic heterocycles. The summed E-state index contributed by atoms with van der Waals surface area (Å²) in [5.41, 5.74) is 1.81. The summed E-state index contributed by atoms with van der Waals surface area (Å²) in [6.07, 6.45) is 0.829. The van der Waals surface area contributed by atoms with Crippen LogP contribution in [0.15, 0.2) is 41.8 Å². The fourth-order valence-electron chi connectivity index (χ4n) is 3.72. The van der Waals surface area contributed by atoms with Gasteiger partial charge < -0.3 is 10.1 Å². The number of carbonyl (C=O) groups excluding carboxylic acids is 3. The third-order valence-electron chi connectivity index (χ3n) is 5.21. The van der Waals surface area contributed by atoms with Gasteiger partial charge in [0.05, 0.1) is 22.8 Å². The molecule has 160 valence electrons. The van der Waals surface area contributed by atoms with E-state index in [9.17, 15) is 24.5 Å². The first-order valence-electron chi connectivity index (χ1n) is 9.57. The van der Waals surface area contributed by atoms with Crippen LogP contribution in [0, 0.1) is 10.1 Å². The van der Waals surface area contributed by atoms with Crippen molar-refractivity contribution in [2.75, 3.05) is 18.5 Å². The molecule has 0 fully saturated rings. The van der Waals surface area contributed by atoms with Crippen molar-refractivity contribution >= 4 is 39.9 Å². The summed E-state index contributed by atoms with van der Waals surface area (Å²) in [4.78, 5) is 53.2. The van der Waals surface area contributed by atoms with E-state index in [1.807, 2.05) is 18.2 Å². The molecule has 1 N–H and O–H groups in total. The zero-order valence-electron chi connectivity index (χ0n) is 16.4. The second-order valence-electron chi connectivity index (χ2n) is 7.16. The number of nitrogens with one attached hydrogen (secondary N) is 1. The van der Waals surface area contributed by atoms with Gasteiger partial charge in [-0.25, -0.2) is 4.98 Å². The van der Waals surface area contributed by atoms with E-state index in [0.717, 1.165) is 29.4 Å². The van der Waals surface area contributed by atoms with Crippen LogP contribution in [-0.2, 0) is 11.2 Å². The van der Waals surface area contributed by atoms with Gasteiger partial charge in [0.1, 0.15) is 17.9 Å². The van der Waals surface area contributed by atoms with Crippen molar-refractivity contribution < 1.29 is 24.0 Å². The molecule has 11 heteroatoms. The number of amides is 3. The molecule has 5 rings (SSSR count). The van der Waals surface area contributed by atoms with Crippen molar-refractivity contribution in [3.05, 3.63) is 68.6 Å². The van der Waals surface area contributed by atoms with Gasteiger partial charge in [-0.15, -0.1) is 11.3 Å². The summed E-state index contributed by atoms with van der Waals surface area (Å²) >= 11 is 1.21. The Morgan fingerprint density at radius 3 is 2.91 bits per heavy atom. The van der Waals surface area contributed by atoms with Crippen molar-refractivity contribution in [2.45, 2.75) is 6.42 Å². The van der Waals surface area contributed by atoms with Crippen molar-refractivity contribution in [3.63, 3.8) is 0 Å². The van der Waals surface area contributed by atoms with Crippen LogP contribution >= 0.6 is 11.3 Å². The van der Waals surface area contributed by atoms with Gasteiger partial charge in [0.2, 0.25) is 5.91 Å². The highest BCUT2D eigenvalue weighted by Crippen LogP contribution is 2.33. The number of fused-ring (bicyclic) bond motifs is 2. The Morgan fingerprint density at radius 1 is 1.25 bits per heavy atom. The SMILES string of the molecule is O=C(CN1C(=O)c2cccc([N+](=O)[O-])c2C1=O)Nc1nc(-c2ccc3c(c2)CCO3)cs1. The molecule has 3 heterocycles. The number of hydrogen-bond acceptors (Lipinski definition) is 8. The number of nitrogens with zero attached hydrogens (tertiary/aromatic N) is 3. The number of imide groups is 1. The molecule has 2 aliphatic rings. The van der Waals surface area contributed by atoms with E-state index in [2.05, 4.69) is 10.3 Å². The van der Waals surface area contributed by atoms with Crippen LogP contribution in [0.25, 0.3) is 11.3 Å². The molecule has 2 aromatic carbocycles. The van der Waals surface area contributed by atoms with Gasteiger partial charge in [-0.1, -0.05) is 6.07 Å². The van der Waals surface area contributed by atoms with E-state index in [-0.39, 0.29) is 11.1 Å². The highest BCUT2D eigenvalue weighted by molar-refractivity contribution is 7.14. The average molecular weight is 450 g/mol. The van der Waals surface area contributed by atoms with Crippen LogP contribution in [0.2, 0.25) is 0 Å². The van der Waals surface area contributed by atoms with Gasteiger partial charge in [0.25, 0.3) is 17.5 Å². The standard InChI is InChI=1S/C21H14N4O6S/c26-17(9-24-19(27)13-2-1-3-15(25(29)30)18(13)20(24)28)23-21-22-14(10-32-21)11-4-5-16-12(8-11)6-7-31-16/h1-5,8,10H,6-7,9H2,(H,22,23,26). The van der Waals surface area contributed by atoms with Crippen LogP contribution in [0.5, 0.6) is 5.75 Å². The van der Waals surface area contributed by atoms with E-state index in [1.54, 1.807) is 5.38 Å². The number of ether oxygens (including phenoxy) is 1. The lowest BCUT2D eigenvalue weighted by atomic mass is 10.1. The maximum atomic E-state index is 12.6. The monoisotopic (exact) mass is 450 g/mol. The smallest absolute Gasteiger partial charge is 0.282 e. The van der Waals surface area contributed by atoms with Gasteiger partial charge in [0.15, 0.2) is 5.13 Å². The molecule has 10 nitrogen and oxygen atoms in total. The fourth-order valence-corrected chi connectivity index (χ4v) is 4.46. The Hall–Kier alpha value is -4.12. The Labute approximate surface area is 184 Å². The fraction of sp³-hybridized carbons (Fsp3) is 0.143. The molecular weight excluding hydrogens is 436 g/mol. The summed E-state index contributed by atoms with van der Waals surface area (Å²) in [5.74, 6) is -1.39. The number of aromatic nitrogens is 1. The van der Waals surface area contributed by atoms with Gasteiger partial charge in [0, 0.05) is 23.4 Å². The first-order valence-corrected chi connectivity index (χ1v) is 10.5. The third-order valence-corrected chi connectivity index (χ3v) is 5.97. The molecule has 3 aromatic rings. The Bertz CT molecular complexity index is 1320. The maximum Gasteiger partial charge on any atom is 0.282 e. The summed E-state index contributed by atoms with van der Waals surface area (Å²) in [6.45, 7) is 0.0761. The molecule has 1 aromatic heterocycles. The molecule has 0 bridgehead atoms. The van der Waals surface area contributed by atoms with Gasteiger partial charge in [-0.3, -0.25) is 29.4 Å². The quantitative estimate of drug-likeness (QED) is 0.359. The van der Waals surface area contributed by atoms with Gasteiger partial charge in [-0.2, -0.15) is 0 Å². The molecule has 0 spiro atoms. The lowest BCUT2D eigenvalue weighted by Gasteiger charge is -2.12. The topological polar surface area (TPSA) is 132 Å². The largest absolute Gasteiger partial charge is 0.493 e. The molecule has 0 saturated heterocycles. The predicted octanol–water partition coefficient (Wildman–Crippen LogP) is 2.89. The minimum atomic E-state index is -0.868. The number of thiazole rings is 1. The lowest BCUT2D eigenvalue weighted by Crippen LogP contribution is -2.37. The minimum absolute atomic E-state index is 0.0888. The summed E-state index contributed by atoms with van der Waals surface area (Å²) in [7, 11) is 0. The van der Waals surface area contributed by atoms with Crippen LogP contribution < -0.4 is 10.1 Å². The molecule has 3 amide bonds. The van der Waals surface area contributed by atoms with Crippen molar-refractivity contribution in [1.82, 2.24) is 9.88 Å². The van der Waals surface area contributed by atoms with Crippen molar-refractivity contribution in [3.8, 4) is 17.0 Å². The zero-order chi connectivity index (χ0) is 22.4. The van der Waals surface area contributed by atoms with Crippen LogP contribution in [0.4, 0.5) is 10.8 Å². The van der Waals surface area contributed by atoms with E-state index in [0.29, 0.717) is 22.3 Å². The molecule has 0 saturated carbocycles. The van der Waals surface area contributed by atoms with E-state index < -0.39 is 34.9 Å². The van der Waals surface area contributed by atoms with E-state index in [4.69, 9.17) is 4.74 Å². The second kappa shape index (κ2) is 7.54. The Morgan fingerprint density at radius 2 is 2.09 bits per heavy atom. The van der Waals surface area contributed by atoms with Crippen LogP contribution in [-0.4, -0.2) is 45.7 Å². The second-order valence-corrected chi connectivity index (χ2v) is 8.02. The van der Waals surface area contributed by atoms with E-state index in [1.165, 1.54) is 23.5 Å². The lowest BCUT2D eigenvalue weighted by molar-refractivity contribution is -0.385. The number of benzene rings is 2.